The largest absolute Gasteiger partial charge is 0.506 e. The lowest BCUT2D eigenvalue weighted by Gasteiger charge is -2.29. The Morgan fingerprint density at radius 2 is 1.32 bits per heavy atom. The van der Waals surface area contributed by atoms with Gasteiger partial charge in [0.15, 0.2) is 0 Å². The van der Waals surface area contributed by atoms with Gasteiger partial charge in [-0.3, -0.25) is 0 Å². The summed E-state index contributed by atoms with van der Waals surface area (Å²) in [5.74, 6) is -0.423. The maximum atomic E-state index is 11.4. The van der Waals surface area contributed by atoms with Crippen LogP contribution < -0.4 is 0 Å². The first-order chi connectivity index (χ1) is 12.0. The summed E-state index contributed by atoms with van der Waals surface area (Å²) in [6, 6.07) is 0.434. The van der Waals surface area contributed by atoms with E-state index in [-0.39, 0.29) is 27.0 Å². The summed E-state index contributed by atoms with van der Waals surface area (Å²) in [4.78, 5) is 11.4. The summed E-state index contributed by atoms with van der Waals surface area (Å²) >= 11 is 0. The Kier molecular flexibility index (Phi) is 14.9. The molecule has 25 heavy (non-hydrogen) atoms. The van der Waals surface area contributed by atoms with Crippen LogP contribution in [0.4, 0.5) is 0 Å². The van der Waals surface area contributed by atoms with Crippen LogP contribution in [0.3, 0.4) is 0 Å². The molecule has 0 unspecified atom stereocenters. The molecule has 0 heterocycles. The third-order valence-corrected chi connectivity index (χ3v) is 5.55. The molecule has 9 heteroatoms. The molecular formula is C16H32O8Si. The Hall–Kier alpha value is -0.813. The molecule has 0 spiro atoms. The molecule has 8 nitrogen and oxygen atoms in total. The lowest BCUT2D eigenvalue weighted by atomic mass is 10.4. The van der Waals surface area contributed by atoms with Crippen molar-refractivity contribution in [2.24, 2.45) is 0 Å². The Labute approximate surface area is 151 Å². The number of rotatable bonds is 17. The van der Waals surface area contributed by atoms with Crippen LogP contribution in [-0.4, -0.2) is 61.6 Å². The molecule has 0 saturated heterocycles. The van der Waals surface area contributed by atoms with Crippen LogP contribution in [0.15, 0.2) is 12.2 Å². The molecule has 0 fully saturated rings. The van der Waals surface area contributed by atoms with Gasteiger partial charge in [0.25, 0.3) is 0 Å². The van der Waals surface area contributed by atoms with E-state index in [4.69, 9.17) is 32.2 Å². The molecule has 0 aromatic rings. The molecule has 0 aromatic carbocycles. The Morgan fingerprint density at radius 3 is 1.68 bits per heavy atom. The van der Waals surface area contributed by atoms with Gasteiger partial charge in [-0.1, -0.05) is 6.58 Å². The van der Waals surface area contributed by atoms with Crippen molar-refractivity contribution in [1.82, 2.24) is 0 Å². The average molecular weight is 381 g/mol. The molecule has 0 aliphatic rings. The highest BCUT2D eigenvalue weighted by Gasteiger charge is 2.41. The molecule has 148 valence electrons. The summed E-state index contributed by atoms with van der Waals surface area (Å²) in [6.45, 7) is 12.6. The van der Waals surface area contributed by atoms with Gasteiger partial charge in [-0.2, -0.15) is 0 Å². The minimum Gasteiger partial charge on any atom is -0.462 e. The van der Waals surface area contributed by atoms with Crippen molar-refractivity contribution < 1.29 is 37.0 Å². The highest BCUT2D eigenvalue weighted by Crippen LogP contribution is 2.19. The number of esters is 1. The van der Waals surface area contributed by atoms with Crippen molar-refractivity contribution in [3.05, 3.63) is 12.2 Å². The fourth-order valence-electron chi connectivity index (χ4n) is 1.56. The Bertz CT molecular complexity index is 338. The third-order valence-electron chi connectivity index (χ3n) is 2.91. The monoisotopic (exact) mass is 380 g/mol. The van der Waals surface area contributed by atoms with Gasteiger partial charge in [0.2, 0.25) is 0 Å². The predicted molar refractivity (Wildman–Crippen MR) is 93.7 cm³/mol. The standard InChI is InChI=1S/C16H32O8Si/c1-6-18-12-22-25(23-13-19-7-2,24-14-20-8-3)11-9-10-21-16(17)15(4)5/h4,6-14H2,1-3,5H3. The summed E-state index contributed by atoms with van der Waals surface area (Å²) < 4.78 is 38.2. The molecule has 0 rings (SSSR count). The minimum atomic E-state index is -3.10. The van der Waals surface area contributed by atoms with Crippen LogP contribution >= 0.6 is 0 Å². The first-order valence-corrected chi connectivity index (χ1v) is 10.4. The van der Waals surface area contributed by atoms with Crippen LogP contribution in [0, 0.1) is 0 Å². The van der Waals surface area contributed by atoms with Crippen molar-refractivity contribution in [2.45, 2.75) is 40.2 Å². The van der Waals surface area contributed by atoms with Crippen molar-refractivity contribution in [3.63, 3.8) is 0 Å². The molecule has 0 aromatic heterocycles. The zero-order valence-electron chi connectivity index (χ0n) is 15.8. The van der Waals surface area contributed by atoms with Crippen LogP contribution in [0.25, 0.3) is 0 Å². The molecule has 0 atom stereocenters. The lowest BCUT2D eigenvalue weighted by Crippen LogP contribution is -2.47. The van der Waals surface area contributed by atoms with E-state index in [9.17, 15) is 4.79 Å². The number of hydrogen-bond donors (Lipinski definition) is 0. The molecular weight excluding hydrogens is 348 g/mol. The van der Waals surface area contributed by atoms with Gasteiger partial charge in [-0.05, 0) is 34.1 Å². The highest BCUT2D eigenvalue weighted by molar-refractivity contribution is 6.60. The van der Waals surface area contributed by atoms with E-state index in [1.165, 1.54) is 0 Å². The Balaban J connectivity index is 4.68. The number of hydrogen-bond acceptors (Lipinski definition) is 8. The van der Waals surface area contributed by atoms with E-state index in [0.717, 1.165) is 0 Å². The van der Waals surface area contributed by atoms with Crippen molar-refractivity contribution in [1.29, 1.82) is 0 Å². The lowest BCUT2D eigenvalue weighted by molar-refractivity contribution is -0.139. The number of ether oxygens (including phenoxy) is 4. The van der Waals surface area contributed by atoms with E-state index >= 15 is 0 Å². The normalized spacial score (nSPS) is 11.5. The maximum absolute atomic E-state index is 11.4. The second kappa shape index (κ2) is 15.4. The van der Waals surface area contributed by atoms with E-state index in [1.807, 2.05) is 20.8 Å². The molecule has 0 amide bonds. The molecule has 0 aliphatic heterocycles. The zero-order chi connectivity index (χ0) is 19.0. The van der Waals surface area contributed by atoms with E-state index in [1.54, 1.807) is 6.92 Å². The zero-order valence-corrected chi connectivity index (χ0v) is 16.8. The first kappa shape index (κ1) is 24.2. The van der Waals surface area contributed by atoms with Crippen molar-refractivity contribution in [2.75, 3.05) is 46.8 Å². The highest BCUT2D eigenvalue weighted by atomic mass is 28.4. The smallest absolute Gasteiger partial charge is 0.462 e. The van der Waals surface area contributed by atoms with E-state index in [0.29, 0.717) is 37.9 Å². The van der Waals surface area contributed by atoms with Gasteiger partial charge in [-0.25, -0.2) is 4.79 Å². The Morgan fingerprint density at radius 1 is 0.880 bits per heavy atom. The fourth-order valence-corrected chi connectivity index (χ4v) is 3.61. The van der Waals surface area contributed by atoms with Crippen LogP contribution in [0.5, 0.6) is 0 Å². The predicted octanol–water partition coefficient (Wildman–Crippen LogP) is 2.47. The van der Waals surface area contributed by atoms with Crippen LogP contribution in [-0.2, 0) is 37.0 Å². The topological polar surface area (TPSA) is 81.7 Å². The second-order valence-corrected chi connectivity index (χ2v) is 7.70. The van der Waals surface area contributed by atoms with Crippen LogP contribution in [0.1, 0.15) is 34.1 Å². The van der Waals surface area contributed by atoms with Crippen LogP contribution in [0.2, 0.25) is 6.04 Å². The van der Waals surface area contributed by atoms with Gasteiger partial charge in [-0.15, -0.1) is 0 Å². The molecule has 0 aliphatic carbocycles. The summed E-state index contributed by atoms with van der Waals surface area (Å²) in [6.07, 6.45) is 0.510. The van der Waals surface area contributed by atoms with Crippen molar-refractivity contribution in [3.8, 4) is 0 Å². The average Bonchev–Trinajstić information content (AvgIpc) is 2.59. The summed E-state index contributed by atoms with van der Waals surface area (Å²) in [5, 5.41) is 0. The number of carbonyl (C=O) groups excluding carboxylic acids is 1. The van der Waals surface area contributed by atoms with Gasteiger partial charge in [0.05, 0.1) is 6.61 Å². The molecule has 0 N–H and O–H groups in total. The van der Waals surface area contributed by atoms with E-state index in [2.05, 4.69) is 6.58 Å². The van der Waals surface area contributed by atoms with Gasteiger partial charge >= 0.3 is 14.8 Å². The fraction of sp³-hybridized carbons (Fsp3) is 0.812. The second-order valence-electron chi connectivity index (χ2n) is 4.97. The molecule has 0 radical (unpaired) electrons. The van der Waals surface area contributed by atoms with Crippen molar-refractivity contribution >= 4 is 14.8 Å². The SMILES string of the molecule is C=C(C)C(=O)OCCC[Si](OCOCC)(OCOCC)OCOCC. The quantitative estimate of drug-likeness (QED) is 0.125. The molecule has 0 bridgehead atoms. The third kappa shape index (κ3) is 12.2. The summed E-state index contributed by atoms with van der Waals surface area (Å²) in [5.41, 5.74) is 0.358. The summed E-state index contributed by atoms with van der Waals surface area (Å²) in [7, 11) is -3.10. The number of carbonyl (C=O) groups is 1. The minimum absolute atomic E-state index is 0.0481. The van der Waals surface area contributed by atoms with Gasteiger partial charge in [0, 0.05) is 31.4 Å². The van der Waals surface area contributed by atoms with Gasteiger partial charge in [0.1, 0.15) is 20.4 Å². The van der Waals surface area contributed by atoms with Gasteiger partial charge < -0.3 is 32.2 Å². The van der Waals surface area contributed by atoms with E-state index < -0.39 is 14.8 Å². The maximum Gasteiger partial charge on any atom is 0.506 e. The first-order valence-electron chi connectivity index (χ1n) is 8.49. The molecule has 0 saturated carbocycles.